The van der Waals surface area contributed by atoms with Gasteiger partial charge in [0.15, 0.2) is 5.01 Å². The zero-order valence-corrected chi connectivity index (χ0v) is 18.2. The largest absolute Gasteiger partial charge is 0.353 e. The summed E-state index contributed by atoms with van der Waals surface area (Å²) in [5, 5.41) is 15.3. The maximum absolute atomic E-state index is 12.8. The predicted molar refractivity (Wildman–Crippen MR) is 119 cm³/mol. The summed E-state index contributed by atoms with van der Waals surface area (Å²) in [4.78, 5) is 25.4. The first-order valence-electron chi connectivity index (χ1n) is 8.85. The van der Waals surface area contributed by atoms with Gasteiger partial charge in [0.25, 0.3) is 5.91 Å². The van der Waals surface area contributed by atoms with E-state index in [1.807, 2.05) is 44.2 Å². The highest BCUT2D eigenvalue weighted by Gasteiger charge is 2.16. The molecule has 0 atom stereocenters. The molecule has 0 bridgehead atoms. The first-order chi connectivity index (χ1) is 13.9. The molecule has 0 aliphatic rings. The van der Waals surface area contributed by atoms with Crippen molar-refractivity contribution in [1.29, 1.82) is 0 Å². The van der Waals surface area contributed by atoms with Gasteiger partial charge < -0.3 is 5.32 Å². The van der Waals surface area contributed by atoms with E-state index >= 15 is 0 Å². The molecule has 0 spiro atoms. The highest BCUT2D eigenvalue weighted by molar-refractivity contribution is 8.00. The predicted octanol–water partition coefficient (Wildman–Crippen LogP) is 4.73. The number of nitrogens with one attached hydrogen (secondary N) is 2. The van der Waals surface area contributed by atoms with E-state index in [2.05, 4.69) is 20.8 Å². The number of hydrogen-bond acceptors (Lipinski definition) is 6. The Hall–Kier alpha value is -2.42. The lowest BCUT2D eigenvalue weighted by molar-refractivity contribution is -0.119. The fourth-order valence-electron chi connectivity index (χ4n) is 2.47. The highest BCUT2D eigenvalue weighted by atomic mass is 35.5. The molecule has 0 saturated carbocycles. The summed E-state index contributed by atoms with van der Waals surface area (Å²) in [6.07, 6.45) is 0. The number of anilines is 1. The summed E-state index contributed by atoms with van der Waals surface area (Å²) in [6, 6.07) is 14.6. The number of hydrogen-bond donors (Lipinski definition) is 2. The van der Waals surface area contributed by atoms with E-state index in [1.54, 1.807) is 18.2 Å². The van der Waals surface area contributed by atoms with Crippen molar-refractivity contribution in [1.82, 2.24) is 15.5 Å². The van der Waals surface area contributed by atoms with E-state index in [-0.39, 0.29) is 23.6 Å². The lowest BCUT2D eigenvalue weighted by Gasteiger charge is -2.10. The average Bonchev–Trinajstić information content (AvgIpc) is 3.14. The molecule has 9 heteroatoms. The zero-order chi connectivity index (χ0) is 20.8. The monoisotopic (exact) mass is 446 g/mol. The Bertz CT molecular complexity index is 1020. The third kappa shape index (κ3) is 5.79. The van der Waals surface area contributed by atoms with Crippen molar-refractivity contribution in [3.63, 3.8) is 0 Å². The van der Waals surface area contributed by atoms with Crippen molar-refractivity contribution >= 4 is 51.6 Å². The number of carbonyl (C=O) groups excluding carboxylic acids is 2. The Morgan fingerprint density at radius 1 is 1.10 bits per heavy atom. The van der Waals surface area contributed by atoms with Crippen LogP contribution in [0.4, 0.5) is 5.13 Å². The molecule has 2 amide bonds. The van der Waals surface area contributed by atoms with Crippen LogP contribution in [0.2, 0.25) is 5.02 Å². The Morgan fingerprint density at radius 3 is 2.59 bits per heavy atom. The number of benzene rings is 2. The number of amides is 2. The molecule has 0 aliphatic heterocycles. The first-order valence-corrected chi connectivity index (χ1v) is 11.0. The molecular formula is C20H19ClN4O2S2. The number of carbonyl (C=O) groups is 2. The van der Waals surface area contributed by atoms with Crippen molar-refractivity contribution in [2.75, 3.05) is 11.1 Å². The minimum Gasteiger partial charge on any atom is -0.353 e. The molecular weight excluding hydrogens is 428 g/mol. The molecule has 3 aromatic rings. The molecule has 0 aliphatic carbocycles. The van der Waals surface area contributed by atoms with Crippen LogP contribution in [-0.4, -0.2) is 33.8 Å². The van der Waals surface area contributed by atoms with Crippen LogP contribution < -0.4 is 10.6 Å². The molecule has 2 aromatic carbocycles. The molecule has 0 saturated heterocycles. The summed E-state index contributed by atoms with van der Waals surface area (Å²) < 4.78 is 0. The van der Waals surface area contributed by atoms with Gasteiger partial charge in [0.1, 0.15) is 0 Å². The standard InChI is InChI=1S/C20H19ClN4O2S2/c1-12(2)22-17(26)11-28-16-10-6-4-8-14(16)18(27)23-20-25-24-19(29-20)13-7-3-5-9-15(13)21/h3-10,12H,11H2,1-2H3,(H,22,26)(H,23,25,27). The topological polar surface area (TPSA) is 84.0 Å². The molecule has 1 aromatic heterocycles. The lowest BCUT2D eigenvalue weighted by atomic mass is 10.2. The molecule has 6 nitrogen and oxygen atoms in total. The van der Waals surface area contributed by atoms with Crippen molar-refractivity contribution in [3.8, 4) is 10.6 Å². The first kappa shape index (κ1) is 21.3. The van der Waals surface area contributed by atoms with Crippen molar-refractivity contribution in [2.45, 2.75) is 24.8 Å². The average molecular weight is 447 g/mol. The molecule has 0 unspecified atom stereocenters. The van der Waals surface area contributed by atoms with E-state index in [1.165, 1.54) is 23.1 Å². The van der Waals surface area contributed by atoms with E-state index in [4.69, 9.17) is 11.6 Å². The van der Waals surface area contributed by atoms with Crippen LogP contribution in [0.25, 0.3) is 10.6 Å². The molecule has 0 fully saturated rings. The molecule has 1 heterocycles. The third-order valence-electron chi connectivity index (χ3n) is 3.69. The molecule has 2 N–H and O–H groups in total. The molecule has 0 radical (unpaired) electrons. The van der Waals surface area contributed by atoms with Crippen LogP contribution in [0.15, 0.2) is 53.4 Å². The summed E-state index contributed by atoms with van der Waals surface area (Å²) in [5.74, 6) is -0.147. The molecule has 3 rings (SSSR count). The van der Waals surface area contributed by atoms with Crippen LogP contribution in [0.3, 0.4) is 0 Å². The zero-order valence-electron chi connectivity index (χ0n) is 15.8. The van der Waals surface area contributed by atoms with Gasteiger partial charge in [-0.1, -0.05) is 53.3 Å². The normalized spacial score (nSPS) is 10.8. The Balaban J connectivity index is 1.70. The summed E-state index contributed by atoms with van der Waals surface area (Å²) >= 11 is 8.76. The van der Waals surface area contributed by atoms with Crippen molar-refractivity contribution < 1.29 is 9.59 Å². The van der Waals surface area contributed by atoms with Gasteiger partial charge >= 0.3 is 0 Å². The van der Waals surface area contributed by atoms with E-state index < -0.39 is 0 Å². The number of thioether (sulfide) groups is 1. The summed E-state index contributed by atoms with van der Waals surface area (Å²) in [5.41, 5.74) is 1.24. The fourth-order valence-corrected chi connectivity index (χ4v) is 4.39. The lowest BCUT2D eigenvalue weighted by Crippen LogP contribution is -2.31. The highest BCUT2D eigenvalue weighted by Crippen LogP contribution is 2.32. The minimum absolute atomic E-state index is 0.0753. The number of rotatable bonds is 7. The van der Waals surface area contributed by atoms with Gasteiger partial charge in [-0.3, -0.25) is 14.9 Å². The SMILES string of the molecule is CC(C)NC(=O)CSc1ccccc1C(=O)Nc1nnc(-c2ccccc2Cl)s1. The number of aromatic nitrogens is 2. The van der Waals surface area contributed by atoms with E-state index in [9.17, 15) is 9.59 Å². The van der Waals surface area contributed by atoms with Gasteiger partial charge in [-0.25, -0.2) is 0 Å². The molecule has 29 heavy (non-hydrogen) atoms. The van der Waals surface area contributed by atoms with Crippen LogP contribution in [0.1, 0.15) is 24.2 Å². The Morgan fingerprint density at radius 2 is 1.83 bits per heavy atom. The Labute approximate surface area is 182 Å². The van der Waals surface area contributed by atoms with E-state index in [0.717, 1.165) is 10.5 Å². The van der Waals surface area contributed by atoms with Crippen LogP contribution in [-0.2, 0) is 4.79 Å². The van der Waals surface area contributed by atoms with Gasteiger partial charge in [-0.15, -0.1) is 22.0 Å². The second kappa shape index (κ2) is 9.87. The second-order valence-corrected chi connectivity index (χ2v) is 8.76. The minimum atomic E-state index is -0.306. The van der Waals surface area contributed by atoms with E-state index in [0.29, 0.717) is 20.7 Å². The second-order valence-electron chi connectivity index (χ2n) is 6.35. The smallest absolute Gasteiger partial charge is 0.258 e. The maximum Gasteiger partial charge on any atom is 0.258 e. The maximum atomic E-state index is 12.8. The van der Waals surface area contributed by atoms with Gasteiger partial charge in [0, 0.05) is 16.5 Å². The van der Waals surface area contributed by atoms with Crippen molar-refractivity contribution in [2.24, 2.45) is 0 Å². The van der Waals surface area contributed by atoms with Gasteiger partial charge in [0.2, 0.25) is 11.0 Å². The molecule has 150 valence electrons. The quantitative estimate of drug-likeness (QED) is 0.512. The Kier molecular flexibility index (Phi) is 7.24. The van der Waals surface area contributed by atoms with Gasteiger partial charge in [0.05, 0.1) is 16.3 Å². The summed E-state index contributed by atoms with van der Waals surface area (Å²) in [6.45, 7) is 3.81. The summed E-state index contributed by atoms with van der Waals surface area (Å²) in [7, 11) is 0. The number of halogens is 1. The van der Waals surface area contributed by atoms with Gasteiger partial charge in [-0.05, 0) is 32.0 Å². The van der Waals surface area contributed by atoms with Crippen molar-refractivity contribution in [3.05, 3.63) is 59.1 Å². The van der Waals surface area contributed by atoms with Crippen LogP contribution >= 0.6 is 34.7 Å². The number of nitrogens with zero attached hydrogens (tertiary/aromatic N) is 2. The fraction of sp³-hybridized carbons (Fsp3) is 0.200. The van der Waals surface area contributed by atoms with Crippen LogP contribution in [0.5, 0.6) is 0 Å². The van der Waals surface area contributed by atoms with Crippen LogP contribution in [0, 0.1) is 0 Å². The third-order valence-corrected chi connectivity index (χ3v) is 5.96. The van der Waals surface area contributed by atoms with Gasteiger partial charge in [-0.2, -0.15) is 0 Å².